The fourth-order valence-corrected chi connectivity index (χ4v) is 3.51. The van der Waals surface area contributed by atoms with Crippen molar-refractivity contribution in [2.24, 2.45) is 0 Å². The number of nitrogens with zero attached hydrogens (tertiary/aromatic N) is 1. The first-order valence-electron chi connectivity index (χ1n) is 6.10. The van der Waals surface area contributed by atoms with Crippen LogP contribution < -0.4 is 5.32 Å². The van der Waals surface area contributed by atoms with Crippen LogP contribution in [0.3, 0.4) is 0 Å². The molecule has 0 saturated carbocycles. The maximum atomic E-state index is 5.55. The number of hydrogen-bond donors (Lipinski definition) is 1. The van der Waals surface area contributed by atoms with Crippen LogP contribution in [0.25, 0.3) is 0 Å². The molecule has 1 atom stereocenters. The van der Waals surface area contributed by atoms with Gasteiger partial charge in [0, 0.05) is 36.4 Å². The fourth-order valence-electron chi connectivity index (χ4n) is 2.40. The molecule has 88 valence electrons. The molecule has 2 aliphatic heterocycles. The Labute approximate surface area is 100 Å². The predicted octanol–water partition coefficient (Wildman–Crippen LogP) is 2.03. The van der Waals surface area contributed by atoms with Crippen LogP contribution in [-0.2, 0) is 4.74 Å². The van der Waals surface area contributed by atoms with E-state index in [0.717, 1.165) is 26.3 Å². The number of rotatable bonds is 2. The zero-order valence-corrected chi connectivity index (χ0v) is 10.5. The Morgan fingerprint density at radius 3 is 2.88 bits per heavy atom. The van der Waals surface area contributed by atoms with Gasteiger partial charge in [-0.05, 0) is 19.8 Å². The second-order valence-electron chi connectivity index (χ2n) is 4.76. The summed E-state index contributed by atoms with van der Waals surface area (Å²) in [5.41, 5.74) is 1.31. The molecule has 3 rings (SSSR count). The molecule has 0 radical (unpaired) electrons. The zero-order valence-electron chi connectivity index (χ0n) is 9.66. The van der Waals surface area contributed by atoms with Crippen LogP contribution in [0.4, 0.5) is 0 Å². The van der Waals surface area contributed by atoms with Gasteiger partial charge in [0.05, 0.1) is 17.3 Å². The molecule has 1 unspecified atom stereocenters. The Morgan fingerprint density at radius 1 is 1.38 bits per heavy atom. The molecule has 1 aromatic heterocycles. The van der Waals surface area contributed by atoms with Crippen LogP contribution in [0.5, 0.6) is 0 Å². The van der Waals surface area contributed by atoms with Gasteiger partial charge in [-0.15, -0.1) is 11.3 Å². The van der Waals surface area contributed by atoms with E-state index < -0.39 is 0 Å². The van der Waals surface area contributed by atoms with Gasteiger partial charge in [0.25, 0.3) is 0 Å². The number of ether oxygens (including phenoxy) is 1. The highest BCUT2D eigenvalue weighted by Gasteiger charge is 2.26. The van der Waals surface area contributed by atoms with E-state index in [-0.39, 0.29) is 0 Å². The Bertz CT molecular complexity index is 367. The van der Waals surface area contributed by atoms with E-state index in [1.165, 1.54) is 28.4 Å². The molecule has 0 aliphatic carbocycles. The van der Waals surface area contributed by atoms with E-state index in [9.17, 15) is 0 Å². The van der Waals surface area contributed by atoms with E-state index in [1.54, 1.807) is 0 Å². The van der Waals surface area contributed by atoms with Crippen molar-refractivity contribution >= 4 is 11.3 Å². The quantitative estimate of drug-likeness (QED) is 0.856. The summed E-state index contributed by atoms with van der Waals surface area (Å²) in [5.74, 6) is 1.22. The summed E-state index contributed by atoms with van der Waals surface area (Å²) in [4.78, 5) is 6.25. The third kappa shape index (κ3) is 1.90. The Kier molecular flexibility index (Phi) is 2.96. The van der Waals surface area contributed by atoms with Gasteiger partial charge in [0.2, 0.25) is 0 Å². The van der Waals surface area contributed by atoms with E-state index in [2.05, 4.69) is 12.2 Å². The molecule has 0 bridgehead atoms. The lowest BCUT2D eigenvalue weighted by molar-refractivity contribution is 0.0792. The summed E-state index contributed by atoms with van der Waals surface area (Å²) in [5, 5.41) is 4.64. The van der Waals surface area contributed by atoms with E-state index in [1.807, 2.05) is 11.3 Å². The van der Waals surface area contributed by atoms with Gasteiger partial charge in [0.15, 0.2) is 0 Å². The fraction of sp³-hybridized carbons (Fsp3) is 0.750. The second kappa shape index (κ2) is 4.43. The first kappa shape index (κ1) is 10.7. The lowest BCUT2D eigenvalue weighted by Gasteiger charge is -2.25. The SMILES string of the molecule is Cc1sc(C2CNC2)nc1C1CCCOC1. The van der Waals surface area contributed by atoms with Gasteiger partial charge in [-0.25, -0.2) is 4.98 Å². The molecule has 0 aromatic carbocycles. The summed E-state index contributed by atoms with van der Waals surface area (Å²) in [6.45, 7) is 6.21. The summed E-state index contributed by atoms with van der Waals surface area (Å²) in [7, 11) is 0. The molecule has 2 fully saturated rings. The predicted molar refractivity (Wildman–Crippen MR) is 65.3 cm³/mol. The van der Waals surface area contributed by atoms with Crippen LogP contribution in [0, 0.1) is 6.92 Å². The summed E-state index contributed by atoms with van der Waals surface area (Å²) in [6, 6.07) is 0. The summed E-state index contributed by atoms with van der Waals surface area (Å²) >= 11 is 1.89. The monoisotopic (exact) mass is 238 g/mol. The molecule has 2 saturated heterocycles. The minimum Gasteiger partial charge on any atom is -0.381 e. The molecule has 1 aromatic rings. The number of thiazole rings is 1. The highest BCUT2D eigenvalue weighted by atomic mass is 32.1. The molecule has 4 heteroatoms. The van der Waals surface area contributed by atoms with Gasteiger partial charge in [-0.2, -0.15) is 0 Å². The zero-order chi connectivity index (χ0) is 11.0. The van der Waals surface area contributed by atoms with Crippen molar-refractivity contribution < 1.29 is 4.74 Å². The van der Waals surface area contributed by atoms with Gasteiger partial charge < -0.3 is 10.1 Å². The summed E-state index contributed by atoms with van der Waals surface area (Å²) in [6.07, 6.45) is 2.43. The minimum absolute atomic E-state index is 0.548. The maximum Gasteiger partial charge on any atom is 0.0987 e. The highest BCUT2D eigenvalue weighted by molar-refractivity contribution is 7.11. The van der Waals surface area contributed by atoms with E-state index in [0.29, 0.717) is 11.8 Å². The van der Waals surface area contributed by atoms with Crippen molar-refractivity contribution in [2.45, 2.75) is 31.6 Å². The van der Waals surface area contributed by atoms with Gasteiger partial charge in [-0.1, -0.05) is 0 Å². The standard InChI is InChI=1S/C12H18N2OS/c1-8-11(9-3-2-4-15-7-9)14-12(16-8)10-5-13-6-10/h9-10,13H,2-7H2,1H3. The van der Waals surface area contributed by atoms with Crippen LogP contribution in [0.2, 0.25) is 0 Å². The normalized spacial score (nSPS) is 26.7. The van der Waals surface area contributed by atoms with E-state index >= 15 is 0 Å². The average molecular weight is 238 g/mol. The van der Waals surface area contributed by atoms with Crippen LogP contribution in [0.15, 0.2) is 0 Å². The molecular weight excluding hydrogens is 220 g/mol. The third-order valence-electron chi connectivity index (χ3n) is 3.53. The molecule has 16 heavy (non-hydrogen) atoms. The topological polar surface area (TPSA) is 34.2 Å². The van der Waals surface area contributed by atoms with Crippen LogP contribution >= 0.6 is 11.3 Å². The molecule has 3 nitrogen and oxygen atoms in total. The summed E-state index contributed by atoms with van der Waals surface area (Å²) < 4.78 is 5.55. The third-order valence-corrected chi connectivity index (χ3v) is 4.68. The largest absolute Gasteiger partial charge is 0.381 e. The van der Waals surface area contributed by atoms with Crippen molar-refractivity contribution in [3.63, 3.8) is 0 Å². The first-order valence-corrected chi connectivity index (χ1v) is 6.92. The maximum absolute atomic E-state index is 5.55. The number of nitrogens with one attached hydrogen (secondary N) is 1. The lowest BCUT2D eigenvalue weighted by atomic mass is 9.97. The first-order chi connectivity index (χ1) is 7.84. The van der Waals surface area contributed by atoms with Crippen molar-refractivity contribution in [3.05, 3.63) is 15.6 Å². The number of aryl methyl sites for hydroxylation is 1. The van der Waals surface area contributed by atoms with Gasteiger partial charge in [-0.3, -0.25) is 0 Å². The Balaban J connectivity index is 1.79. The lowest BCUT2D eigenvalue weighted by Crippen LogP contribution is -2.39. The van der Waals surface area contributed by atoms with Crippen molar-refractivity contribution in [1.29, 1.82) is 0 Å². The molecular formula is C12H18N2OS. The molecule has 0 amide bonds. The number of aromatic nitrogens is 1. The highest BCUT2D eigenvalue weighted by Crippen LogP contribution is 2.33. The Morgan fingerprint density at radius 2 is 2.25 bits per heavy atom. The van der Waals surface area contributed by atoms with Crippen molar-refractivity contribution in [1.82, 2.24) is 10.3 Å². The van der Waals surface area contributed by atoms with Crippen LogP contribution in [-0.4, -0.2) is 31.3 Å². The van der Waals surface area contributed by atoms with E-state index in [4.69, 9.17) is 9.72 Å². The molecule has 3 heterocycles. The molecule has 2 aliphatic rings. The average Bonchev–Trinajstić information content (AvgIpc) is 2.59. The Hall–Kier alpha value is -0.450. The smallest absolute Gasteiger partial charge is 0.0987 e. The minimum atomic E-state index is 0.548. The van der Waals surface area contributed by atoms with Gasteiger partial charge >= 0.3 is 0 Å². The van der Waals surface area contributed by atoms with Gasteiger partial charge in [0.1, 0.15) is 0 Å². The van der Waals surface area contributed by atoms with Crippen LogP contribution in [0.1, 0.15) is 40.3 Å². The molecule has 0 spiro atoms. The second-order valence-corrected chi connectivity index (χ2v) is 6.00. The van der Waals surface area contributed by atoms with Crippen molar-refractivity contribution in [3.8, 4) is 0 Å². The molecule has 1 N–H and O–H groups in total. The number of hydrogen-bond acceptors (Lipinski definition) is 4. The van der Waals surface area contributed by atoms with Crippen molar-refractivity contribution in [2.75, 3.05) is 26.3 Å².